The van der Waals surface area contributed by atoms with E-state index in [0.717, 1.165) is 38.7 Å². The lowest BCUT2D eigenvalue weighted by Gasteiger charge is -2.37. The first-order valence-electron chi connectivity index (χ1n) is 7.12. The molecule has 0 aliphatic carbocycles. The van der Waals surface area contributed by atoms with Gasteiger partial charge in [0, 0.05) is 31.9 Å². The molecule has 0 saturated carbocycles. The fraction of sp³-hybridized carbons (Fsp3) is 0.600. The number of pyridine rings is 1. The molecule has 0 radical (unpaired) electrons. The second kappa shape index (κ2) is 7.22. The van der Waals surface area contributed by atoms with Crippen molar-refractivity contribution in [2.24, 2.45) is 5.92 Å². The summed E-state index contributed by atoms with van der Waals surface area (Å²) in [6.07, 6.45) is 1.67. The molecule has 0 spiro atoms. The van der Waals surface area contributed by atoms with Crippen LogP contribution in [-0.4, -0.2) is 48.8 Å². The van der Waals surface area contributed by atoms with Gasteiger partial charge in [-0.25, -0.2) is 4.98 Å². The highest BCUT2D eigenvalue weighted by Gasteiger charge is 2.23. The average Bonchev–Trinajstić information content (AvgIpc) is 2.48. The van der Waals surface area contributed by atoms with Crippen LogP contribution in [0.15, 0.2) is 18.3 Å². The van der Waals surface area contributed by atoms with Gasteiger partial charge in [0.05, 0.1) is 24.8 Å². The Morgan fingerprint density at radius 3 is 2.85 bits per heavy atom. The molecule has 2 rings (SSSR count). The van der Waals surface area contributed by atoms with Crippen LogP contribution in [0.3, 0.4) is 0 Å². The molecule has 0 aromatic carbocycles. The maximum atomic E-state index is 8.90. The lowest BCUT2D eigenvalue weighted by Crippen LogP contribution is -2.49. The number of nitrogens with zero attached hydrogens (tertiary/aromatic N) is 3. The first-order chi connectivity index (χ1) is 9.70. The number of rotatable bonds is 5. The van der Waals surface area contributed by atoms with Crippen LogP contribution < -0.4 is 5.32 Å². The van der Waals surface area contributed by atoms with E-state index in [1.807, 2.05) is 0 Å². The van der Waals surface area contributed by atoms with Gasteiger partial charge in [0.1, 0.15) is 5.82 Å². The monoisotopic (exact) mass is 274 g/mol. The number of hydrogen-bond acceptors (Lipinski definition) is 5. The molecule has 2 heterocycles. The second-order valence-electron chi connectivity index (χ2n) is 5.38. The van der Waals surface area contributed by atoms with Gasteiger partial charge in [-0.2, -0.15) is 5.26 Å². The first kappa shape index (κ1) is 14.8. The lowest BCUT2D eigenvalue weighted by molar-refractivity contribution is 0.00953. The fourth-order valence-corrected chi connectivity index (χ4v) is 2.50. The summed E-state index contributed by atoms with van der Waals surface area (Å²) in [4.78, 5) is 6.73. The van der Waals surface area contributed by atoms with Crippen LogP contribution in [0.5, 0.6) is 0 Å². The Morgan fingerprint density at radius 2 is 2.20 bits per heavy atom. The average molecular weight is 274 g/mol. The van der Waals surface area contributed by atoms with Gasteiger partial charge in [0.15, 0.2) is 0 Å². The quantitative estimate of drug-likeness (QED) is 0.886. The van der Waals surface area contributed by atoms with E-state index in [-0.39, 0.29) is 0 Å². The van der Waals surface area contributed by atoms with Gasteiger partial charge in [-0.1, -0.05) is 13.8 Å². The Balaban J connectivity index is 1.96. The normalized spacial score (nSPS) is 17.7. The molecule has 0 amide bonds. The molecule has 1 atom stereocenters. The van der Waals surface area contributed by atoms with Gasteiger partial charge in [0.25, 0.3) is 0 Å². The van der Waals surface area contributed by atoms with Crippen molar-refractivity contribution in [1.29, 1.82) is 5.26 Å². The maximum absolute atomic E-state index is 8.90. The van der Waals surface area contributed by atoms with Crippen LogP contribution >= 0.6 is 0 Å². The third-order valence-corrected chi connectivity index (χ3v) is 3.67. The molecule has 20 heavy (non-hydrogen) atoms. The van der Waals surface area contributed by atoms with Gasteiger partial charge in [0.2, 0.25) is 0 Å². The molecule has 5 heteroatoms. The Labute approximate surface area is 120 Å². The third kappa shape index (κ3) is 3.92. The molecule has 0 bridgehead atoms. The molecule has 1 unspecified atom stereocenters. The van der Waals surface area contributed by atoms with Crippen molar-refractivity contribution in [2.45, 2.75) is 19.9 Å². The van der Waals surface area contributed by atoms with E-state index in [2.05, 4.69) is 35.1 Å². The Hall–Kier alpha value is -1.64. The van der Waals surface area contributed by atoms with E-state index < -0.39 is 0 Å². The predicted molar refractivity (Wildman–Crippen MR) is 78.5 cm³/mol. The van der Waals surface area contributed by atoms with Crippen LogP contribution in [0.1, 0.15) is 19.4 Å². The molecule has 1 aromatic heterocycles. The molecule has 1 saturated heterocycles. The summed E-state index contributed by atoms with van der Waals surface area (Å²) in [6, 6.07) is 6.09. The first-order valence-corrected chi connectivity index (χ1v) is 7.12. The number of ether oxygens (including phenoxy) is 1. The summed E-state index contributed by atoms with van der Waals surface area (Å²) in [7, 11) is 0. The summed E-state index contributed by atoms with van der Waals surface area (Å²) in [6.45, 7) is 8.89. The molecule has 5 nitrogen and oxygen atoms in total. The zero-order chi connectivity index (χ0) is 14.4. The topological polar surface area (TPSA) is 61.2 Å². The van der Waals surface area contributed by atoms with E-state index in [0.29, 0.717) is 17.5 Å². The van der Waals surface area contributed by atoms with E-state index in [4.69, 9.17) is 10.00 Å². The van der Waals surface area contributed by atoms with Crippen LogP contribution in [0.25, 0.3) is 0 Å². The van der Waals surface area contributed by atoms with E-state index in [1.54, 1.807) is 18.3 Å². The molecule has 1 aliphatic heterocycles. The molecule has 108 valence electrons. The fourth-order valence-electron chi connectivity index (χ4n) is 2.50. The molecule has 1 N–H and O–H groups in total. The SMILES string of the molecule is CC(C)C(CNc1cc(C#N)ccn1)N1CCOCC1. The standard InChI is InChI=1S/C15H22N4O/c1-12(2)14(19-5-7-20-8-6-19)11-18-15-9-13(10-16)3-4-17-15/h3-4,9,12,14H,5-8,11H2,1-2H3,(H,17,18). The number of hydrogen-bond donors (Lipinski definition) is 1. The maximum Gasteiger partial charge on any atom is 0.127 e. The smallest absolute Gasteiger partial charge is 0.127 e. The summed E-state index contributed by atoms with van der Waals surface area (Å²) in [5, 5.41) is 12.3. The highest BCUT2D eigenvalue weighted by Crippen LogP contribution is 2.14. The third-order valence-electron chi connectivity index (χ3n) is 3.67. The minimum atomic E-state index is 0.450. The number of anilines is 1. The van der Waals surface area contributed by atoms with Crippen LogP contribution in [0.4, 0.5) is 5.82 Å². The van der Waals surface area contributed by atoms with E-state index >= 15 is 0 Å². The summed E-state index contributed by atoms with van der Waals surface area (Å²) >= 11 is 0. The zero-order valence-electron chi connectivity index (χ0n) is 12.2. The highest BCUT2D eigenvalue weighted by molar-refractivity contribution is 5.42. The Bertz CT molecular complexity index is 463. The van der Waals surface area contributed by atoms with Crippen LogP contribution in [0.2, 0.25) is 0 Å². The Kier molecular flexibility index (Phi) is 5.33. The minimum Gasteiger partial charge on any atom is -0.379 e. The number of aromatic nitrogens is 1. The van der Waals surface area contributed by atoms with E-state index in [1.165, 1.54) is 0 Å². The van der Waals surface area contributed by atoms with Crippen LogP contribution in [0, 0.1) is 17.2 Å². The lowest BCUT2D eigenvalue weighted by atomic mass is 10.0. The van der Waals surface area contributed by atoms with Crippen molar-refractivity contribution in [3.8, 4) is 6.07 Å². The van der Waals surface area contributed by atoms with Crippen molar-refractivity contribution in [2.75, 3.05) is 38.2 Å². The summed E-state index contributed by atoms with van der Waals surface area (Å²) in [5.74, 6) is 1.32. The van der Waals surface area contributed by atoms with Gasteiger partial charge in [-0.15, -0.1) is 0 Å². The minimum absolute atomic E-state index is 0.450. The Morgan fingerprint density at radius 1 is 1.45 bits per heavy atom. The molecule has 1 aliphatic rings. The van der Waals surface area contributed by atoms with Crippen molar-refractivity contribution in [1.82, 2.24) is 9.88 Å². The molecular weight excluding hydrogens is 252 g/mol. The second-order valence-corrected chi connectivity index (χ2v) is 5.38. The van der Waals surface area contributed by atoms with Gasteiger partial charge in [-0.05, 0) is 18.1 Å². The zero-order valence-corrected chi connectivity index (χ0v) is 12.2. The molecular formula is C15H22N4O. The van der Waals surface area contributed by atoms with Gasteiger partial charge >= 0.3 is 0 Å². The highest BCUT2D eigenvalue weighted by atomic mass is 16.5. The van der Waals surface area contributed by atoms with Crippen molar-refractivity contribution in [3.63, 3.8) is 0 Å². The number of nitrogens with one attached hydrogen (secondary N) is 1. The number of nitriles is 1. The molecule has 1 aromatic rings. The van der Waals surface area contributed by atoms with Crippen molar-refractivity contribution in [3.05, 3.63) is 23.9 Å². The van der Waals surface area contributed by atoms with Gasteiger partial charge < -0.3 is 10.1 Å². The van der Waals surface area contributed by atoms with Gasteiger partial charge in [-0.3, -0.25) is 4.90 Å². The van der Waals surface area contributed by atoms with E-state index in [9.17, 15) is 0 Å². The summed E-state index contributed by atoms with van der Waals surface area (Å²) in [5.41, 5.74) is 0.634. The van der Waals surface area contributed by atoms with Crippen molar-refractivity contribution >= 4 is 5.82 Å². The van der Waals surface area contributed by atoms with Crippen LogP contribution in [-0.2, 0) is 4.74 Å². The van der Waals surface area contributed by atoms with Crippen molar-refractivity contribution < 1.29 is 4.74 Å². The predicted octanol–water partition coefficient (Wildman–Crippen LogP) is 1.72. The number of morpholine rings is 1. The largest absolute Gasteiger partial charge is 0.379 e. The summed E-state index contributed by atoms with van der Waals surface area (Å²) < 4.78 is 5.41. The molecule has 1 fully saturated rings.